The summed E-state index contributed by atoms with van der Waals surface area (Å²) in [7, 11) is 0. The molecule has 0 aromatic heterocycles. The van der Waals surface area contributed by atoms with Gasteiger partial charge in [0, 0.05) is 13.5 Å². The van der Waals surface area contributed by atoms with Crippen molar-refractivity contribution in [1.82, 2.24) is 4.90 Å². The molecule has 0 bridgehead atoms. The van der Waals surface area contributed by atoms with E-state index in [1.54, 1.807) is 6.92 Å². The quantitative estimate of drug-likeness (QED) is 0.579. The van der Waals surface area contributed by atoms with E-state index >= 15 is 0 Å². The molecule has 2 nitrogen and oxygen atoms in total. The van der Waals surface area contributed by atoms with Gasteiger partial charge in [-0.25, -0.2) is 0 Å². The second-order valence-corrected chi connectivity index (χ2v) is 6.90. The predicted octanol–water partition coefficient (Wildman–Crippen LogP) is 5.45. The Morgan fingerprint density at radius 2 is 1.27 bits per heavy atom. The summed E-state index contributed by atoms with van der Waals surface area (Å²) in [5, 5.41) is -0.119. The van der Waals surface area contributed by atoms with E-state index in [4.69, 9.17) is 12.6 Å². The molecule has 3 aromatic carbocycles. The van der Waals surface area contributed by atoms with Crippen LogP contribution in [0.5, 0.6) is 0 Å². The van der Waals surface area contributed by atoms with E-state index < -0.39 is 0 Å². The van der Waals surface area contributed by atoms with Crippen LogP contribution in [0.15, 0.2) is 91.0 Å². The van der Waals surface area contributed by atoms with Gasteiger partial charge in [-0.1, -0.05) is 91.0 Å². The van der Waals surface area contributed by atoms with E-state index in [-0.39, 0.29) is 17.2 Å². The summed E-state index contributed by atoms with van der Waals surface area (Å²) < 4.78 is 0. The number of carbonyl (C=O) groups excluding carboxylic acids is 1. The fourth-order valence-electron chi connectivity index (χ4n) is 3.20. The maximum absolute atomic E-state index is 12.6. The summed E-state index contributed by atoms with van der Waals surface area (Å²) in [5.41, 5.74) is 3.30. The number of hydrogen-bond acceptors (Lipinski definition) is 2. The van der Waals surface area contributed by atoms with Crippen LogP contribution in [0, 0.1) is 0 Å². The third kappa shape index (κ3) is 4.36. The molecule has 0 saturated carbocycles. The fourth-order valence-corrected chi connectivity index (χ4v) is 3.71. The van der Waals surface area contributed by atoms with Crippen LogP contribution >= 0.6 is 12.6 Å². The SMILES string of the molecule is CC(=O)N(Cc1ccccc1)[C@H](c1ccccc1)[C@@H](S)c1ccccc1. The zero-order valence-corrected chi connectivity index (χ0v) is 15.7. The van der Waals surface area contributed by atoms with Gasteiger partial charge in [-0.3, -0.25) is 4.79 Å². The average Bonchev–Trinajstić information content (AvgIpc) is 2.69. The largest absolute Gasteiger partial charge is 0.330 e. The van der Waals surface area contributed by atoms with Crippen LogP contribution in [0.4, 0.5) is 0 Å². The van der Waals surface area contributed by atoms with Gasteiger partial charge in [0.15, 0.2) is 0 Å². The Morgan fingerprint density at radius 3 is 1.77 bits per heavy atom. The molecule has 0 aliphatic carbocycles. The molecule has 3 aromatic rings. The van der Waals surface area contributed by atoms with Crippen LogP contribution in [0.1, 0.15) is 34.9 Å². The van der Waals surface area contributed by atoms with Gasteiger partial charge in [0.1, 0.15) is 0 Å². The van der Waals surface area contributed by atoms with Crippen molar-refractivity contribution in [1.29, 1.82) is 0 Å². The molecule has 3 rings (SSSR count). The summed E-state index contributed by atoms with van der Waals surface area (Å²) in [4.78, 5) is 14.5. The van der Waals surface area contributed by atoms with Gasteiger partial charge < -0.3 is 4.90 Å². The summed E-state index contributed by atoms with van der Waals surface area (Å²) in [6.45, 7) is 2.18. The van der Waals surface area contributed by atoms with Crippen molar-refractivity contribution in [2.75, 3.05) is 0 Å². The van der Waals surface area contributed by atoms with Crippen molar-refractivity contribution < 1.29 is 4.79 Å². The molecule has 0 fully saturated rings. The maximum Gasteiger partial charge on any atom is 0.220 e. The highest BCUT2D eigenvalue weighted by Gasteiger charge is 2.29. The minimum absolute atomic E-state index is 0.0395. The highest BCUT2D eigenvalue weighted by Crippen LogP contribution is 2.39. The first-order valence-electron chi connectivity index (χ1n) is 8.76. The number of hydrogen-bond donors (Lipinski definition) is 1. The minimum atomic E-state index is -0.153. The van der Waals surface area contributed by atoms with Crippen LogP contribution in [0.25, 0.3) is 0 Å². The van der Waals surface area contributed by atoms with E-state index in [0.29, 0.717) is 6.54 Å². The molecule has 0 N–H and O–H groups in total. The second kappa shape index (κ2) is 8.72. The molecule has 26 heavy (non-hydrogen) atoms. The monoisotopic (exact) mass is 361 g/mol. The molecule has 0 heterocycles. The highest BCUT2D eigenvalue weighted by atomic mass is 32.1. The first-order valence-corrected chi connectivity index (χ1v) is 9.27. The minimum Gasteiger partial charge on any atom is -0.330 e. The number of rotatable bonds is 6. The Bertz CT molecular complexity index is 821. The summed E-state index contributed by atoms with van der Waals surface area (Å²) in [6.07, 6.45) is 0. The molecule has 0 spiro atoms. The van der Waals surface area contributed by atoms with Crippen LogP contribution < -0.4 is 0 Å². The van der Waals surface area contributed by atoms with E-state index in [0.717, 1.165) is 16.7 Å². The third-order valence-electron chi connectivity index (χ3n) is 4.52. The predicted molar refractivity (Wildman–Crippen MR) is 110 cm³/mol. The first-order chi connectivity index (χ1) is 12.7. The fraction of sp³-hybridized carbons (Fsp3) is 0.174. The van der Waals surface area contributed by atoms with Crippen molar-refractivity contribution in [2.24, 2.45) is 0 Å². The van der Waals surface area contributed by atoms with Gasteiger partial charge in [0.25, 0.3) is 0 Å². The Morgan fingerprint density at radius 1 is 0.808 bits per heavy atom. The molecule has 0 radical (unpaired) electrons. The van der Waals surface area contributed by atoms with Gasteiger partial charge in [-0.15, -0.1) is 0 Å². The van der Waals surface area contributed by atoms with Gasteiger partial charge >= 0.3 is 0 Å². The van der Waals surface area contributed by atoms with E-state index in [1.165, 1.54) is 0 Å². The highest BCUT2D eigenvalue weighted by molar-refractivity contribution is 7.80. The van der Waals surface area contributed by atoms with Crippen molar-refractivity contribution in [3.63, 3.8) is 0 Å². The molecule has 0 aliphatic heterocycles. The summed E-state index contributed by atoms with van der Waals surface area (Å²) in [5.74, 6) is 0.0395. The molecule has 1 amide bonds. The van der Waals surface area contributed by atoms with Gasteiger partial charge in [0.05, 0.1) is 11.3 Å². The van der Waals surface area contributed by atoms with Gasteiger partial charge in [-0.2, -0.15) is 12.6 Å². The lowest BCUT2D eigenvalue weighted by Gasteiger charge is -2.35. The van der Waals surface area contributed by atoms with Crippen molar-refractivity contribution in [2.45, 2.75) is 24.8 Å². The number of benzene rings is 3. The molecule has 2 atom stereocenters. The standard InChI is InChI=1S/C23H23NOS/c1-18(25)24(17-19-11-5-2-6-12-19)22(20-13-7-3-8-14-20)23(26)21-15-9-4-10-16-21/h2-16,22-23,26H,17H2,1H3/t22-,23+/m1/s1. The maximum atomic E-state index is 12.6. The topological polar surface area (TPSA) is 20.3 Å². The van der Waals surface area contributed by atoms with E-state index in [1.807, 2.05) is 71.6 Å². The summed E-state index contributed by atoms with van der Waals surface area (Å²) in [6, 6.07) is 30.2. The zero-order chi connectivity index (χ0) is 18.4. The number of carbonyl (C=O) groups is 1. The second-order valence-electron chi connectivity index (χ2n) is 6.34. The molecule has 3 heteroatoms. The Kier molecular flexibility index (Phi) is 6.13. The Labute approximate surface area is 160 Å². The van der Waals surface area contributed by atoms with Crippen LogP contribution in [0.3, 0.4) is 0 Å². The first kappa shape index (κ1) is 18.3. The van der Waals surface area contributed by atoms with E-state index in [2.05, 4.69) is 24.3 Å². The van der Waals surface area contributed by atoms with Crippen molar-refractivity contribution in [3.05, 3.63) is 108 Å². The molecular formula is C23H23NOS. The van der Waals surface area contributed by atoms with Crippen LogP contribution in [0.2, 0.25) is 0 Å². The third-order valence-corrected chi connectivity index (χ3v) is 5.10. The normalized spacial score (nSPS) is 13.0. The van der Waals surface area contributed by atoms with Gasteiger partial charge in [0.2, 0.25) is 5.91 Å². The lowest BCUT2D eigenvalue weighted by Crippen LogP contribution is -2.35. The van der Waals surface area contributed by atoms with Crippen molar-refractivity contribution in [3.8, 4) is 0 Å². The van der Waals surface area contributed by atoms with Crippen LogP contribution in [-0.4, -0.2) is 10.8 Å². The van der Waals surface area contributed by atoms with Crippen LogP contribution in [-0.2, 0) is 11.3 Å². The number of amides is 1. The van der Waals surface area contributed by atoms with Crippen molar-refractivity contribution >= 4 is 18.5 Å². The Hall–Kier alpha value is -2.52. The zero-order valence-electron chi connectivity index (χ0n) is 14.8. The Balaban J connectivity index is 2.01. The van der Waals surface area contributed by atoms with E-state index in [9.17, 15) is 4.79 Å². The molecule has 0 saturated heterocycles. The molecule has 132 valence electrons. The number of thiol groups is 1. The smallest absolute Gasteiger partial charge is 0.220 e. The molecule has 0 unspecified atom stereocenters. The molecule has 0 aliphatic rings. The number of nitrogens with zero attached hydrogens (tertiary/aromatic N) is 1. The molecular weight excluding hydrogens is 338 g/mol. The lowest BCUT2D eigenvalue weighted by atomic mass is 9.96. The summed E-state index contributed by atoms with van der Waals surface area (Å²) >= 11 is 4.93. The lowest BCUT2D eigenvalue weighted by molar-refractivity contribution is -0.132. The van der Waals surface area contributed by atoms with Gasteiger partial charge in [-0.05, 0) is 16.7 Å². The average molecular weight is 362 g/mol.